The molecule has 0 unspecified atom stereocenters. The Labute approximate surface area is 132 Å². The number of hydrogen-bond donors (Lipinski definition) is 0. The van der Waals surface area contributed by atoms with E-state index in [-0.39, 0.29) is 12.6 Å². The Morgan fingerprint density at radius 1 is 1.38 bits per heavy atom. The van der Waals surface area contributed by atoms with Gasteiger partial charge in [0.2, 0.25) is 0 Å². The van der Waals surface area contributed by atoms with Crippen molar-refractivity contribution in [2.75, 3.05) is 0 Å². The number of hydrogen-bond acceptors (Lipinski definition) is 3. The fourth-order valence-corrected chi connectivity index (χ4v) is 2.60. The fraction of sp³-hybridized carbons (Fsp3) is 0.333. The lowest BCUT2D eigenvalue weighted by Gasteiger charge is -2.09. The molecule has 0 spiro atoms. The van der Waals surface area contributed by atoms with Crippen molar-refractivity contribution < 1.29 is 9.53 Å². The second-order valence-corrected chi connectivity index (χ2v) is 6.62. The van der Waals surface area contributed by atoms with Gasteiger partial charge in [-0.05, 0) is 12.0 Å². The highest BCUT2D eigenvalue weighted by atomic mass is 35.5. The van der Waals surface area contributed by atoms with E-state index < -0.39 is 10.3 Å². The van der Waals surface area contributed by atoms with Crippen molar-refractivity contribution in [2.24, 2.45) is 5.92 Å². The van der Waals surface area contributed by atoms with Crippen LogP contribution in [0.15, 0.2) is 42.7 Å². The van der Waals surface area contributed by atoms with Crippen LogP contribution in [-0.2, 0) is 22.7 Å². The molecule has 0 aliphatic heterocycles. The highest BCUT2D eigenvalue weighted by molar-refractivity contribution is 6.52. The van der Waals surface area contributed by atoms with Gasteiger partial charge in [0.15, 0.2) is 0 Å². The van der Waals surface area contributed by atoms with E-state index in [1.165, 1.54) is 0 Å². The van der Waals surface area contributed by atoms with E-state index in [4.69, 9.17) is 27.9 Å². The molecule has 110 valence electrons. The number of alkyl halides is 2. The molecule has 1 heterocycles. The minimum Gasteiger partial charge on any atom is -0.457 e. The predicted octanol–water partition coefficient (Wildman–Crippen LogP) is 3.17. The van der Waals surface area contributed by atoms with Crippen LogP contribution in [0.5, 0.6) is 0 Å². The smallest absolute Gasteiger partial charge is 0.312 e. The number of carbonyl (C=O) groups is 1. The summed E-state index contributed by atoms with van der Waals surface area (Å²) in [6.07, 6.45) is 4.00. The zero-order chi connectivity index (χ0) is 14.9. The first-order valence-corrected chi connectivity index (χ1v) is 7.40. The lowest BCUT2D eigenvalue weighted by atomic mass is 10.2. The van der Waals surface area contributed by atoms with Crippen molar-refractivity contribution in [2.45, 2.75) is 23.9 Å². The van der Waals surface area contributed by atoms with Gasteiger partial charge in [-0.15, -0.1) is 23.2 Å². The number of rotatable bonds is 5. The zero-order valence-corrected chi connectivity index (χ0v) is 12.7. The molecule has 1 fully saturated rings. The Hall–Kier alpha value is -1.52. The van der Waals surface area contributed by atoms with E-state index in [9.17, 15) is 4.79 Å². The average molecular weight is 325 g/mol. The average Bonchev–Trinajstić information content (AvgIpc) is 2.90. The summed E-state index contributed by atoms with van der Waals surface area (Å²) in [5.41, 5.74) is 1.16. The molecule has 1 aromatic heterocycles. The molecule has 0 bridgehead atoms. The molecule has 21 heavy (non-hydrogen) atoms. The lowest BCUT2D eigenvalue weighted by Crippen LogP contribution is -2.13. The lowest BCUT2D eigenvalue weighted by molar-refractivity contribution is -0.146. The number of carbonyl (C=O) groups excluding carboxylic acids is 1. The number of benzene rings is 1. The van der Waals surface area contributed by atoms with Crippen LogP contribution in [0.25, 0.3) is 0 Å². The standard InChI is InChI=1S/C15H14Cl2N2O2/c16-15(17)8-12(15)14(20)21-10-13-18-6-7-19(13)9-11-4-2-1-3-5-11/h1-7,12H,8-10H2/t12-/m0/s1. The Balaban J connectivity index is 1.60. The van der Waals surface area contributed by atoms with Gasteiger partial charge >= 0.3 is 5.97 Å². The van der Waals surface area contributed by atoms with Crippen LogP contribution in [0.2, 0.25) is 0 Å². The van der Waals surface area contributed by atoms with Crippen LogP contribution in [0.3, 0.4) is 0 Å². The van der Waals surface area contributed by atoms with Crippen LogP contribution >= 0.6 is 23.2 Å². The summed E-state index contributed by atoms with van der Waals surface area (Å²) in [7, 11) is 0. The van der Waals surface area contributed by atoms with Crippen molar-refractivity contribution in [1.29, 1.82) is 0 Å². The molecule has 1 aliphatic carbocycles. The summed E-state index contributed by atoms with van der Waals surface area (Å²) in [4.78, 5) is 16.0. The topological polar surface area (TPSA) is 44.1 Å². The highest BCUT2D eigenvalue weighted by Gasteiger charge is 2.57. The van der Waals surface area contributed by atoms with Crippen LogP contribution < -0.4 is 0 Å². The molecular weight excluding hydrogens is 311 g/mol. The minimum atomic E-state index is -0.948. The van der Waals surface area contributed by atoms with Crippen LogP contribution in [0, 0.1) is 5.92 Å². The Kier molecular flexibility index (Phi) is 3.91. The molecule has 0 saturated heterocycles. The largest absolute Gasteiger partial charge is 0.457 e. The van der Waals surface area contributed by atoms with Crippen molar-refractivity contribution in [3.63, 3.8) is 0 Å². The van der Waals surface area contributed by atoms with Gasteiger partial charge in [0.05, 0.1) is 5.92 Å². The van der Waals surface area contributed by atoms with Gasteiger partial charge in [0, 0.05) is 18.9 Å². The Bertz CT molecular complexity index is 640. The molecule has 4 nitrogen and oxygen atoms in total. The van der Waals surface area contributed by atoms with Crippen molar-refractivity contribution >= 4 is 29.2 Å². The van der Waals surface area contributed by atoms with Crippen molar-refractivity contribution in [3.05, 3.63) is 54.1 Å². The maximum atomic E-state index is 11.8. The summed E-state index contributed by atoms with van der Waals surface area (Å²) in [5, 5.41) is 0. The van der Waals surface area contributed by atoms with Gasteiger partial charge in [-0.2, -0.15) is 0 Å². The van der Waals surface area contributed by atoms with Gasteiger partial charge in [-0.1, -0.05) is 30.3 Å². The third-order valence-corrected chi connectivity index (χ3v) is 4.29. The zero-order valence-electron chi connectivity index (χ0n) is 11.2. The van der Waals surface area contributed by atoms with E-state index in [1.54, 1.807) is 6.20 Å². The maximum Gasteiger partial charge on any atom is 0.312 e. The molecule has 1 aliphatic rings. The van der Waals surface area contributed by atoms with Crippen LogP contribution in [-0.4, -0.2) is 19.9 Å². The SMILES string of the molecule is O=C(OCc1nccn1Cc1ccccc1)[C@@H]1CC1(Cl)Cl. The number of halogens is 2. The predicted molar refractivity (Wildman–Crippen MR) is 80.1 cm³/mol. The number of imidazole rings is 1. The molecule has 1 atom stereocenters. The molecule has 0 radical (unpaired) electrons. The quantitative estimate of drug-likeness (QED) is 0.626. The molecule has 2 aromatic rings. The molecule has 0 N–H and O–H groups in total. The summed E-state index contributed by atoms with van der Waals surface area (Å²) in [6.45, 7) is 0.811. The summed E-state index contributed by atoms with van der Waals surface area (Å²) >= 11 is 11.7. The number of nitrogens with zero attached hydrogens (tertiary/aromatic N) is 2. The molecule has 6 heteroatoms. The van der Waals surface area contributed by atoms with E-state index in [0.717, 1.165) is 5.56 Å². The Morgan fingerprint density at radius 2 is 2.10 bits per heavy atom. The molecule has 3 rings (SSSR count). The van der Waals surface area contributed by atoms with Crippen molar-refractivity contribution in [1.82, 2.24) is 9.55 Å². The maximum absolute atomic E-state index is 11.8. The van der Waals surface area contributed by atoms with Gasteiger partial charge in [-0.25, -0.2) is 4.98 Å². The monoisotopic (exact) mass is 324 g/mol. The summed E-state index contributed by atoms with van der Waals surface area (Å²) < 4.78 is 6.23. The first kappa shape index (κ1) is 14.4. The number of ether oxygens (including phenoxy) is 1. The molecular formula is C15H14Cl2N2O2. The number of aromatic nitrogens is 2. The first-order chi connectivity index (χ1) is 10.1. The van der Waals surface area contributed by atoms with Crippen molar-refractivity contribution in [3.8, 4) is 0 Å². The van der Waals surface area contributed by atoms with Crippen LogP contribution in [0.1, 0.15) is 17.8 Å². The van der Waals surface area contributed by atoms with E-state index in [0.29, 0.717) is 18.8 Å². The van der Waals surface area contributed by atoms with Gasteiger partial charge in [0.1, 0.15) is 16.8 Å². The summed E-state index contributed by atoms with van der Waals surface area (Å²) in [5.74, 6) is -0.0878. The van der Waals surface area contributed by atoms with E-state index >= 15 is 0 Å². The summed E-state index contributed by atoms with van der Waals surface area (Å²) in [6, 6.07) is 10.0. The Morgan fingerprint density at radius 3 is 2.76 bits per heavy atom. The molecule has 0 amide bonds. The molecule has 1 aromatic carbocycles. The van der Waals surface area contributed by atoms with Gasteiger partial charge < -0.3 is 9.30 Å². The van der Waals surface area contributed by atoms with E-state index in [1.807, 2.05) is 41.1 Å². The third kappa shape index (κ3) is 3.39. The second kappa shape index (κ2) is 5.70. The normalized spacial score (nSPS) is 19.2. The minimum absolute atomic E-state index is 0.124. The van der Waals surface area contributed by atoms with Gasteiger partial charge in [0.25, 0.3) is 0 Å². The first-order valence-electron chi connectivity index (χ1n) is 6.65. The third-order valence-electron chi connectivity index (χ3n) is 3.45. The molecule has 1 saturated carbocycles. The second-order valence-electron chi connectivity index (χ2n) is 5.08. The fourth-order valence-electron chi connectivity index (χ4n) is 2.11. The number of esters is 1. The highest BCUT2D eigenvalue weighted by Crippen LogP contribution is 2.53. The van der Waals surface area contributed by atoms with Crippen LogP contribution in [0.4, 0.5) is 0 Å². The van der Waals surface area contributed by atoms with E-state index in [2.05, 4.69) is 4.98 Å². The van der Waals surface area contributed by atoms with Gasteiger partial charge in [-0.3, -0.25) is 4.79 Å².